The molecule has 0 saturated carbocycles. The molecule has 32 heavy (non-hydrogen) atoms. The normalized spacial score (nSPS) is 16.0. The first kappa shape index (κ1) is 20.5. The van der Waals surface area contributed by atoms with Crippen molar-refractivity contribution in [3.8, 4) is 5.75 Å². The summed E-state index contributed by atoms with van der Waals surface area (Å²) in [6.45, 7) is 3.19. The molecule has 0 radical (unpaired) electrons. The van der Waals surface area contributed by atoms with E-state index in [4.69, 9.17) is 4.74 Å². The number of nitrogens with zero attached hydrogens (tertiary/aromatic N) is 1. The summed E-state index contributed by atoms with van der Waals surface area (Å²) in [6, 6.07) is 25.9. The third-order valence-corrected chi connectivity index (χ3v) is 6.51. The lowest BCUT2D eigenvalue weighted by atomic mass is 9.86. The van der Waals surface area contributed by atoms with Gasteiger partial charge >= 0.3 is 0 Å². The second-order valence-electron chi connectivity index (χ2n) is 8.46. The Morgan fingerprint density at radius 3 is 1.97 bits per heavy atom. The minimum atomic E-state index is 0.899. The molecule has 0 spiro atoms. The molecule has 2 aliphatic rings. The van der Waals surface area contributed by atoms with Crippen molar-refractivity contribution in [1.29, 1.82) is 0 Å². The third-order valence-electron chi connectivity index (χ3n) is 6.51. The second-order valence-corrected chi connectivity index (χ2v) is 8.46. The average Bonchev–Trinajstić information content (AvgIpc) is 3.02. The van der Waals surface area contributed by atoms with Crippen LogP contribution in [-0.4, -0.2) is 31.6 Å². The molecule has 0 amide bonds. The molecule has 3 aromatic carbocycles. The van der Waals surface area contributed by atoms with Crippen LogP contribution in [0.3, 0.4) is 0 Å². The molecule has 0 unspecified atom stereocenters. The highest BCUT2D eigenvalue weighted by Crippen LogP contribution is 2.38. The van der Waals surface area contributed by atoms with Crippen LogP contribution < -0.4 is 4.74 Å². The van der Waals surface area contributed by atoms with Gasteiger partial charge in [-0.3, -0.25) is 4.90 Å². The Bertz CT molecular complexity index is 1120. The van der Waals surface area contributed by atoms with Gasteiger partial charge in [-0.25, -0.2) is 0 Å². The molecule has 1 saturated heterocycles. The van der Waals surface area contributed by atoms with Crippen molar-refractivity contribution in [3.05, 3.63) is 112 Å². The van der Waals surface area contributed by atoms with Crippen LogP contribution in [0.2, 0.25) is 0 Å². The van der Waals surface area contributed by atoms with E-state index >= 15 is 0 Å². The van der Waals surface area contributed by atoms with Crippen LogP contribution >= 0.6 is 0 Å². The molecule has 0 bridgehead atoms. The van der Waals surface area contributed by atoms with Crippen LogP contribution in [0, 0.1) is 0 Å². The molecule has 5 rings (SSSR count). The number of hydrogen-bond acceptors (Lipinski definition) is 2. The minimum Gasteiger partial charge on any atom is -0.497 e. The topological polar surface area (TPSA) is 12.5 Å². The number of fused-ring (bicyclic) bond motifs is 2. The Morgan fingerprint density at radius 2 is 1.38 bits per heavy atom. The molecule has 0 N–H and O–H groups in total. The zero-order valence-electron chi connectivity index (χ0n) is 18.6. The summed E-state index contributed by atoms with van der Waals surface area (Å²) >= 11 is 0. The van der Waals surface area contributed by atoms with Crippen molar-refractivity contribution in [2.24, 2.45) is 0 Å². The second kappa shape index (κ2) is 9.42. The summed E-state index contributed by atoms with van der Waals surface area (Å²) in [6.07, 6.45) is 11.3. The van der Waals surface area contributed by atoms with Crippen LogP contribution in [0.15, 0.2) is 84.4 Å². The van der Waals surface area contributed by atoms with Crippen molar-refractivity contribution in [1.82, 2.24) is 4.90 Å². The fourth-order valence-electron chi connectivity index (χ4n) is 4.75. The van der Waals surface area contributed by atoms with E-state index in [9.17, 15) is 0 Å². The van der Waals surface area contributed by atoms with Crippen LogP contribution in [0.4, 0.5) is 0 Å². The van der Waals surface area contributed by atoms with E-state index in [0.29, 0.717) is 0 Å². The molecule has 0 atom stereocenters. The van der Waals surface area contributed by atoms with Crippen molar-refractivity contribution in [3.63, 3.8) is 0 Å². The first-order valence-corrected chi connectivity index (χ1v) is 11.4. The summed E-state index contributed by atoms with van der Waals surface area (Å²) in [7, 11) is 1.70. The molecule has 2 nitrogen and oxygen atoms in total. The molecular weight excluding hydrogens is 390 g/mol. The highest BCUT2D eigenvalue weighted by molar-refractivity contribution is 5.94. The highest BCUT2D eigenvalue weighted by atomic mass is 16.5. The van der Waals surface area contributed by atoms with Gasteiger partial charge in [0.15, 0.2) is 0 Å². The van der Waals surface area contributed by atoms with Gasteiger partial charge in [-0.15, -0.1) is 0 Å². The van der Waals surface area contributed by atoms with E-state index in [1.807, 2.05) is 12.1 Å². The molecule has 1 fully saturated rings. The quantitative estimate of drug-likeness (QED) is 0.361. The Balaban J connectivity index is 1.33. The van der Waals surface area contributed by atoms with Crippen molar-refractivity contribution in [2.45, 2.75) is 12.8 Å². The van der Waals surface area contributed by atoms with Gasteiger partial charge in [0.2, 0.25) is 0 Å². The van der Waals surface area contributed by atoms with Gasteiger partial charge in [0, 0.05) is 19.6 Å². The SMILES string of the molecule is COc1ccc(C=CCN2CCC(=C3c4ccccc4C=Cc4ccccc43)CC2)cc1. The fourth-order valence-corrected chi connectivity index (χ4v) is 4.75. The van der Waals surface area contributed by atoms with E-state index in [1.165, 1.54) is 33.4 Å². The number of hydrogen-bond donors (Lipinski definition) is 0. The largest absolute Gasteiger partial charge is 0.497 e. The first-order valence-electron chi connectivity index (χ1n) is 11.4. The summed E-state index contributed by atoms with van der Waals surface area (Å²) in [5, 5.41) is 0. The number of piperidine rings is 1. The Kier molecular flexibility index (Phi) is 6.04. The van der Waals surface area contributed by atoms with Gasteiger partial charge in [-0.1, -0.05) is 90.5 Å². The van der Waals surface area contributed by atoms with E-state index < -0.39 is 0 Å². The lowest BCUT2D eigenvalue weighted by Crippen LogP contribution is -2.31. The van der Waals surface area contributed by atoms with Gasteiger partial charge in [-0.2, -0.15) is 0 Å². The first-order chi connectivity index (χ1) is 15.8. The van der Waals surface area contributed by atoms with Crippen LogP contribution in [-0.2, 0) is 0 Å². The molecule has 160 valence electrons. The van der Waals surface area contributed by atoms with Gasteiger partial charge in [0.05, 0.1) is 7.11 Å². The number of rotatable bonds is 4. The predicted molar refractivity (Wildman–Crippen MR) is 136 cm³/mol. The van der Waals surface area contributed by atoms with E-state index in [1.54, 1.807) is 12.7 Å². The molecular formula is C30H29NO. The molecule has 3 aromatic rings. The van der Waals surface area contributed by atoms with E-state index in [-0.39, 0.29) is 0 Å². The molecule has 2 heteroatoms. The molecule has 1 heterocycles. The van der Waals surface area contributed by atoms with Crippen LogP contribution in [0.1, 0.15) is 40.7 Å². The van der Waals surface area contributed by atoms with E-state index in [2.05, 4.69) is 89.9 Å². The number of ether oxygens (including phenoxy) is 1. The van der Waals surface area contributed by atoms with Crippen molar-refractivity contribution in [2.75, 3.05) is 26.7 Å². The van der Waals surface area contributed by atoms with Gasteiger partial charge in [-0.05, 0) is 58.4 Å². The number of methoxy groups -OCH3 is 1. The summed E-state index contributed by atoms with van der Waals surface area (Å²) in [5.41, 5.74) is 9.63. The third kappa shape index (κ3) is 4.32. The van der Waals surface area contributed by atoms with Crippen molar-refractivity contribution < 1.29 is 4.74 Å². The Labute approximate surface area is 191 Å². The van der Waals surface area contributed by atoms with Gasteiger partial charge in [0.25, 0.3) is 0 Å². The summed E-state index contributed by atoms with van der Waals surface area (Å²) < 4.78 is 5.24. The standard InChI is InChI=1S/C30H29NO/c1-32-27-16-12-23(13-17-27)7-6-20-31-21-18-26(19-22-31)30-28-10-4-2-8-24(28)14-15-25-9-3-5-11-29(25)30/h2-17H,18-22H2,1H3. The molecule has 0 aromatic heterocycles. The maximum atomic E-state index is 5.24. The van der Waals surface area contributed by atoms with E-state index in [0.717, 1.165) is 38.2 Å². The van der Waals surface area contributed by atoms with Gasteiger partial charge in [0.1, 0.15) is 5.75 Å². The fraction of sp³-hybridized carbons (Fsp3) is 0.200. The van der Waals surface area contributed by atoms with Crippen LogP contribution in [0.5, 0.6) is 5.75 Å². The Hall–Kier alpha value is -3.36. The van der Waals surface area contributed by atoms with Crippen molar-refractivity contribution >= 4 is 23.8 Å². The zero-order chi connectivity index (χ0) is 21.8. The molecule has 1 aliphatic heterocycles. The lowest BCUT2D eigenvalue weighted by molar-refractivity contribution is 0.284. The smallest absolute Gasteiger partial charge is 0.118 e. The average molecular weight is 420 g/mol. The summed E-state index contributed by atoms with van der Waals surface area (Å²) in [5.74, 6) is 0.899. The maximum Gasteiger partial charge on any atom is 0.118 e. The number of benzene rings is 3. The zero-order valence-corrected chi connectivity index (χ0v) is 18.6. The number of likely N-dealkylation sites (tertiary alicyclic amines) is 1. The highest BCUT2D eigenvalue weighted by Gasteiger charge is 2.21. The predicted octanol–water partition coefficient (Wildman–Crippen LogP) is 6.79. The lowest BCUT2D eigenvalue weighted by Gasteiger charge is -2.29. The van der Waals surface area contributed by atoms with Gasteiger partial charge < -0.3 is 4.74 Å². The molecule has 1 aliphatic carbocycles. The monoisotopic (exact) mass is 419 g/mol. The minimum absolute atomic E-state index is 0.899. The maximum absolute atomic E-state index is 5.24. The van der Waals surface area contributed by atoms with Crippen LogP contribution in [0.25, 0.3) is 23.8 Å². The summed E-state index contributed by atoms with van der Waals surface area (Å²) in [4.78, 5) is 2.55. The Morgan fingerprint density at radius 1 is 0.781 bits per heavy atom.